The maximum atomic E-state index is 13.7. The topological polar surface area (TPSA) is 79.3 Å². The van der Waals surface area contributed by atoms with Gasteiger partial charge in [0.05, 0.1) is 31.2 Å². The lowest BCUT2D eigenvalue weighted by molar-refractivity contribution is -0.139. The molecular formula is C25H15Cl4FN2O3. The molecule has 0 fully saturated rings. The van der Waals surface area contributed by atoms with E-state index in [9.17, 15) is 19.1 Å². The highest BCUT2D eigenvalue weighted by Gasteiger charge is 2.25. The number of carboxylic acids is 1. The summed E-state index contributed by atoms with van der Waals surface area (Å²) < 4.78 is 13.7. The third-order valence-corrected chi connectivity index (χ3v) is 6.57. The van der Waals surface area contributed by atoms with Crippen molar-refractivity contribution in [1.29, 1.82) is 0 Å². The number of carbonyl (C=O) groups is 2. The van der Waals surface area contributed by atoms with Gasteiger partial charge in [-0.05, 0) is 41.5 Å². The first-order valence-corrected chi connectivity index (χ1v) is 11.7. The summed E-state index contributed by atoms with van der Waals surface area (Å²) in [5.74, 6) is -2.53. The Morgan fingerprint density at radius 2 is 1.60 bits per heavy atom. The average Bonchev–Trinajstić information content (AvgIpc) is 2.79. The summed E-state index contributed by atoms with van der Waals surface area (Å²) in [7, 11) is 0. The van der Waals surface area contributed by atoms with Gasteiger partial charge in [0, 0.05) is 23.6 Å². The van der Waals surface area contributed by atoms with Gasteiger partial charge in [0.15, 0.2) is 0 Å². The number of halogens is 5. The van der Waals surface area contributed by atoms with Crippen LogP contribution in [0.1, 0.15) is 15.9 Å². The van der Waals surface area contributed by atoms with Crippen molar-refractivity contribution in [2.75, 3.05) is 0 Å². The molecule has 1 atom stereocenters. The molecular weight excluding hydrogens is 537 g/mol. The summed E-state index contributed by atoms with van der Waals surface area (Å²) in [6.45, 7) is 0. The molecule has 5 nitrogen and oxygen atoms in total. The highest BCUT2D eigenvalue weighted by Crippen LogP contribution is 2.39. The minimum atomic E-state index is -1.30. The fourth-order valence-corrected chi connectivity index (χ4v) is 5.01. The van der Waals surface area contributed by atoms with E-state index in [1.165, 1.54) is 12.1 Å². The highest BCUT2D eigenvalue weighted by atomic mass is 35.5. The number of nitrogens with zero attached hydrogens (tertiary/aromatic N) is 1. The number of carboxylic acid groups (broad SMARTS) is 1. The number of nitrogens with one attached hydrogen (secondary N) is 1. The van der Waals surface area contributed by atoms with Crippen molar-refractivity contribution in [3.05, 3.63) is 97.8 Å². The minimum absolute atomic E-state index is 0.0130. The van der Waals surface area contributed by atoms with Crippen LogP contribution in [-0.4, -0.2) is 28.0 Å². The molecule has 0 spiro atoms. The van der Waals surface area contributed by atoms with E-state index < -0.39 is 23.7 Å². The van der Waals surface area contributed by atoms with Gasteiger partial charge in [0.2, 0.25) is 0 Å². The van der Waals surface area contributed by atoms with Crippen molar-refractivity contribution < 1.29 is 19.1 Å². The third-order valence-electron chi connectivity index (χ3n) is 5.35. The molecule has 3 aromatic carbocycles. The normalized spacial score (nSPS) is 11.9. The van der Waals surface area contributed by atoms with E-state index in [2.05, 4.69) is 10.3 Å². The van der Waals surface area contributed by atoms with E-state index in [4.69, 9.17) is 46.4 Å². The molecule has 0 unspecified atom stereocenters. The van der Waals surface area contributed by atoms with Crippen LogP contribution < -0.4 is 5.32 Å². The van der Waals surface area contributed by atoms with Crippen molar-refractivity contribution >= 4 is 69.2 Å². The van der Waals surface area contributed by atoms with E-state index in [-0.39, 0.29) is 32.1 Å². The van der Waals surface area contributed by atoms with Crippen LogP contribution >= 0.6 is 46.4 Å². The summed E-state index contributed by atoms with van der Waals surface area (Å²) in [4.78, 5) is 29.2. The van der Waals surface area contributed by atoms with Gasteiger partial charge in [-0.2, -0.15) is 0 Å². The van der Waals surface area contributed by atoms with Crippen LogP contribution in [0.15, 0.2) is 60.8 Å². The van der Waals surface area contributed by atoms with Crippen molar-refractivity contribution in [3.8, 4) is 11.1 Å². The van der Waals surface area contributed by atoms with Crippen molar-refractivity contribution in [3.63, 3.8) is 0 Å². The largest absolute Gasteiger partial charge is 0.480 e. The van der Waals surface area contributed by atoms with Gasteiger partial charge in [-0.3, -0.25) is 9.78 Å². The lowest BCUT2D eigenvalue weighted by Gasteiger charge is -2.18. The Balaban J connectivity index is 1.73. The maximum absolute atomic E-state index is 13.7. The molecule has 35 heavy (non-hydrogen) atoms. The Kier molecular flexibility index (Phi) is 7.47. The second kappa shape index (κ2) is 10.4. The van der Waals surface area contributed by atoms with Gasteiger partial charge in [0.1, 0.15) is 11.9 Å². The van der Waals surface area contributed by atoms with Crippen molar-refractivity contribution in [2.24, 2.45) is 0 Å². The molecule has 0 aliphatic rings. The van der Waals surface area contributed by atoms with Crippen molar-refractivity contribution in [2.45, 2.75) is 12.5 Å². The molecule has 0 bridgehead atoms. The van der Waals surface area contributed by atoms with Crippen molar-refractivity contribution in [1.82, 2.24) is 10.3 Å². The molecule has 0 saturated heterocycles. The average molecular weight is 552 g/mol. The van der Waals surface area contributed by atoms with Gasteiger partial charge < -0.3 is 10.4 Å². The second-order valence-electron chi connectivity index (χ2n) is 7.58. The molecule has 0 aliphatic carbocycles. The highest BCUT2D eigenvalue weighted by molar-refractivity contribution is 6.40. The number of hydrogen-bond donors (Lipinski definition) is 2. The number of pyridine rings is 1. The molecule has 2 N–H and O–H groups in total. The zero-order valence-corrected chi connectivity index (χ0v) is 20.7. The number of carbonyl (C=O) groups excluding carboxylic acids is 1. The lowest BCUT2D eigenvalue weighted by Crippen LogP contribution is -2.42. The van der Waals surface area contributed by atoms with Gasteiger partial charge in [0.25, 0.3) is 5.91 Å². The predicted molar refractivity (Wildman–Crippen MR) is 136 cm³/mol. The number of amides is 1. The first-order valence-electron chi connectivity index (χ1n) is 10.2. The molecule has 0 saturated carbocycles. The van der Waals surface area contributed by atoms with E-state index in [1.807, 2.05) is 0 Å². The molecule has 10 heteroatoms. The molecule has 4 rings (SSSR count). The van der Waals surface area contributed by atoms with E-state index >= 15 is 0 Å². The Morgan fingerprint density at radius 1 is 0.943 bits per heavy atom. The first kappa shape index (κ1) is 25.2. The van der Waals surface area contributed by atoms with Crippen LogP contribution in [0.5, 0.6) is 0 Å². The standard InChI is InChI=1S/C25H15Cl4FN2O3/c26-16-4-1-5-17(27)22(16)24(33)32-20(25(34)35)9-12-6-7-14(15-3-2-8-31-23(12)15)21-18(28)10-13(30)11-19(21)29/h1-8,10-11,20H,9H2,(H,32,33)(H,34,35)/t20-/m0/s1. The lowest BCUT2D eigenvalue weighted by atomic mass is 9.95. The van der Waals surface area contributed by atoms with Crippen LogP contribution in [0, 0.1) is 5.82 Å². The van der Waals surface area contributed by atoms with E-state index in [0.717, 1.165) is 12.1 Å². The monoisotopic (exact) mass is 550 g/mol. The van der Waals surface area contributed by atoms with E-state index in [1.54, 1.807) is 36.5 Å². The van der Waals surface area contributed by atoms with Gasteiger partial charge in [-0.1, -0.05) is 70.7 Å². The molecule has 0 aliphatic heterocycles. The van der Waals surface area contributed by atoms with Gasteiger partial charge >= 0.3 is 5.97 Å². The van der Waals surface area contributed by atoms with Crippen LogP contribution in [-0.2, 0) is 11.2 Å². The number of fused-ring (bicyclic) bond motifs is 1. The molecule has 1 amide bonds. The number of hydrogen-bond acceptors (Lipinski definition) is 3. The Hall–Kier alpha value is -2.90. The fraction of sp³-hybridized carbons (Fsp3) is 0.0800. The summed E-state index contributed by atoms with van der Waals surface area (Å²) in [5.41, 5.74) is 2.05. The Morgan fingerprint density at radius 3 is 2.23 bits per heavy atom. The quantitative estimate of drug-likeness (QED) is 0.268. The number of aromatic nitrogens is 1. The van der Waals surface area contributed by atoms with Crippen LogP contribution in [0.4, 0.5) is 4.39 Å². The molecule has 1 heterocycles. The van der Waals surface area contributed by atoms with Gasteiger partial charge in [-0.15, -0.1) is 0 Å². The SMILES string of the molecule is O=C(N[C@@H](Cc1ccc(-c2c(Cl)cc(F)cc2Cl)c2cccnc12)C(=O)O)c1c(Cl)cccc1Cl. The van der Waals surface area contributed by atoms with Crippen LogP contribution in [0.2, 0.25) is 20.1 Å². The molecule has 1 aromatic heterocycles. The van der Waals surface area contributed by atoms with Crippen LogP contribution in [0.3, 0.4) is 0 Å². The zero-order chi connectivity index (χ0) is 25.3. The summed E-state index contributed by atoms with van der Waals surface area (Å²) in [6, 6.07) is 12.4. The smallest absolute Gasteiger partial charge is 0.326 e. The van der Waals surface area contributed by atoms with Gasteiger partial charge in [-0.25, -0.2) is 9.18 Å². The third kappa shape index (κ3) is 5.21. The summed E-state index contributed by atoms with van der Waals surface area (Å²) in [5, 5.41) is 13.4. The molecule has 178 valence electrons. The Bertz CT molecular complexity index is 1440. The Labute approximate surface area is 219 Å². The predicted octanol–water partition coefficient (Wildman–Crippen LogP) is 7.08. The number of rotatable bonds is 6. The second-order valence-corrected chi connectivity index (χ2v) is 9.21. The van der Waals surface area contributed by atoms with Crippen LogP contribution in [0.25, 0.3) is 22.0 Å². The molecule has 4 aromatic rings. The number of benzene rings is 3. The minimum Gasteiger partial charge on any atom is -0.480 e. The summed E-state index contributed by atoms with van der Waals surface area (Å²) >= 11 is 24.7. The summed E-state index contributed by atoms with van der Waals surface area (Å²) in [6.07, 6.45) is 1.48. The zero-order valence-electron chi connectivity index (χ0n) is 17.7. The van der Waals surface area contributed by atoms with E-state index in [0.29, 0.717) is 27.6 Å². The maximum Gasteiger partial charge on any atom is 0.326 e. The number of aliphatic carboxylic acids is 1. The fourth-order valence-electron chi connectivity index (χ4n) is 3.78. The molecule has 0 radical (unpaired) electrons. The first-order chi connectivity index (χ1) is 16.7.